The number of pyridine rings is 1. The average Bonchev–Trinajstić information content (AvgIpc) is 2.59. The molecule has 2 heterocycles. The second-order valence-corrected chi connectivity index (χ2v) is 6.42. The molecule has 4 rings (SSSR count). The Balaban J connectivity index is 1.80. The van der Waals surface area contributed by atoms with Crippen molar-refractivity contribution < 1.29 is 9.90 Å². The Labute approximate surface area is 140 Å². The van der Waals surface area contributed by atoms with Crippen LogP contribution in [0.25, 0.3) is 10.9 Å². The van der Waals surface area contributed by atoms with Gasteiger partial charge >= 0.3 is 0 Å². The number of nitrogens with zero attached hydrogens (tertiary/aromatic N) is 2. The summed E-state index contributed by atoms with van der Waals surface area (Å²) >= 11 is 0. The third kappa shape index (κ3) is 2.40. The smallest absolute Gasteiger partial charge is 0.262 e. The van der Waals surface area contributed by atoms with Crippen LogP contribution < -0.4 is 4.90 Å². The number of anilines is 1. The summed E-state index contributed by atoms with van der Waals surface area (Å²) < 4.78 is 0. The topological polar surface area (TPSA) is 53.4 Å². The van der Waals surface area contributed by atoms with Gasteiger partial charge in [-0.2, -0.15) is 0 Å². The van der Waals surface area contributed by atoms with E-state index < -0.39 is 0 Å². The molecule has 1 N–H and O–H groups in total. The molecule has 1 atom stereocenters. The van der Waals surface area contributed by atoms with Gasteiger partial charge in [-0.25, -0.2) is 0 Å². The number of hydrogen-bond donors (Lipinski definition) is 1. The van der Waals surface area contributed by atoms with E-state index in [0.717, 1.165) is 17.5 Å². The van der Waals surface area contributed by atoms with Gasteiger partial charge in [-0.3, -0.25) is 9.78 Å². The minimum atomic E-state index is -0.181. The Kier molecular flexibility index (Phi) is 3.45. The second kappa shape index (κ2) is 5.64. The van der Waals surface area contributed by atoms with Crippen molar-refractivity contribution in [3.8, 4) is 5.75 Å². The lowest BCUT2D eigenvalue weighted by Gasteiger charge is -2.33. The van der Waals surface area contributed by atoms with E-state index in [0.29, 0.717) is 23.5 Å². The van der Waals surface area contributed by atoms with E-state index in [2.05, 4.69) is 18.0 Å². The summed E-state index contributed by atoms with van der Waals surface area (Å²) in [6.45, 7) is 2.79. The van der Waals surface area contributed by atoms with Crippen LogP contribution in [-0.2, 0) is 6.42 Å². The molecule has 0 fully saturated rings. The molecule has 0 aliphatic carbocycles. The van der Waals surface area contributed by atoms with Crippen molar-refractivity contribution in [3.63, 3.8) is 0 Å². The fourth-order valence-electron chi connectivity index (χ4n) is 3.41. The first kappa shape index (κ1) is 14.7. The van der Waals surface area contributed by atoms with Gasteiger partial charge < -0.3 is 10.0 Å². The first-order valence-electron chi connectivity index (χ1n) is 8.11. The van der Waals surface area contributed by atoms with Crippen molar-refractivity contribution in [1.82, 2.24) is 4.98 Å². The highest BCUT2D eigenvalue weighted by Crippen LogP contribution is 2.33. The zero-order valence-electron chi connectivity index (χ0n) is 13.4. The van der Waals surface area contributed by atoms with E-state index >= 15 is 0 Å². The number of carbonyl (C=O) groups excluding carboxylic acids is 1. The quantitative estimate of drug-likeness (QED) is 0.743. The summed E-state index contributed by atoms with van der Waals surface area (Å²) in [5, 5.41) is 11.2. The number of phenols is 1. The standard InChI is InChI=1S/C20H18N2O2/c1-13-9-15-5-2-3-7-18(15)22(12-13)20(24)16-11-17-14(10-19(16)23)6-4-8-21-17/h2-8,10-11,13,23H,9,12H2,1H3. The average molecular weight is 318 g/mol. The third-order valence-corrected chi connectivity index (χ3v) is 4.54. The minimum Gasteiger partial charge on any atom is -0.507 e. The van der Waals surface area contributed by atoms with Gasteiger partial charge in [0.05, 0.1) is 11.1 Å². The van der Waals surface area contributed by atoms with Crippen LogP contribution in [0, 0.1) is 5.92 Å². The highest BCUT2D eigenvalue weighted by atomic mass is 16.3. The van der Waals surface area contributed by atoms with Crippen LogP contribution in [0.1, 0.15) is 22.8 Å². The molecular formula is C20H18N2O2. The first-order valence-corrected chi connectivity index (χ1v) is 8.11. The van der Waals surface area contributed by atoms with Crippen LogP contribution in [0.3, 0.4) is 0 Å². The number of aromatic nitrogens is 1. The first-order chi connectivity index (χ1) is 11.6. The molecule has 120 valence electrons. The number of hydrogen-bond acceptors (Lipinski definition) is 3. The van der Waals surface area contributed by atoms with Crippen molar-refractivity contribution in [2.45, 2.75) is 13.3 Å². The van der Waals surface area contributed by atoms with Crippen LogP contribution >= 0.6 is 0 Å². The summed E-state index contributed by atoms with van der Waals surface area (Å²) in [6, 6.07) is 14.9. The van der Waals surface area contributed by atoms with Gasteiger partial charge in [0.1, 0.15) is 5.75 Å². The number of amides is 1. The van der Waals surface area contributed by atoms with Crippen LogP contribution in [0.15, 0.2) is 54.7 Å². The van der Waals surface area contributed by atoms with Crippen molar-refractivity contribution >= 4 is 22.5 Å². The fourth-order valence-corrected chi connectivity index (χ4v) is 3.41. The largest absolute Gasteiger partial charge is 0.507 e. The van der Waals surface area contributed by atoms with Gasteiger partial charge in [-0.1, -0.05) is 31.2 Å². The van der Waals surface area contributed by atoms with E-state index in [4.69, 9.17) is 0 Å². The summed E-state index contributed by atoms with van der Waals surface area (Å²) in [6.07, 6.45) is 2.65. The number of aromatic hydroxyl groups is 1. The molecule has 1 unspecified atom stereocenters. The van der Waals surface area contributed by atoms with Crippen LogP contribution in [0.4, 0.5) is 5.69 Å². The summed E-state index contributed by atoms with van der Waals surface area (Å²) in [5.41, 5.74) is 3.10. The zero-order valence-corrected chi connectivity index (χ0v) is 13.4. The highest BCUT2D eigenvalue weighted by molar-refractivity contribution is 6.10. The Morgan fingerprint density at radius 3 is 2.92 bits per heavy atom. The molecule has 0 saturated carbocycles. The number of fused-ring (bicyclic) bond motifs is 2. The van der Waals surface area contributed by atoms with E-state index in [-0.39, 0.29) is 11.7 Å². The van der Waals surface area contributed by atoms with E-state index in [1.807, 2.05) is 30.3 Å². The number of carbonyl (C=O) groups is 1. The highest BCUT2D eigenvalue weighted by Gasteiger charge is 2.28. The molecule has 1 aliphatic rings. The lowest BCUT2D eigenvalue weighted by atomic mass is 9.93. The molecule has 4 nitrogen and oxygen atoms in total. The lowest BCUT2D eigenvalue weighted by Crippen LogP contribution is -2.39. The van der Waals surface area contributed by atoms with Crippen LogP contribution in [0.2, 0.25) is 0 Å². The van der Waals surface area contributed by atoms with Crippen molar-refractivity contribution in [2.24, 2.45) is 5.92 Å². The lowest BCUT2D eigenvalue weighted by molar-refractivity contribution is 0.0978. The maximum Gasteiger partial charge on any atom is 0.262 e. The molecule has 0 bridgehead atoms. The third-order valence-electron chi connectivity index (χ3n) is 4.54. The Morgan fingerprint density at radius 2 is 2.04 bits per heavy atom. The Hall–Kier alpha value is -2.88. The Bertz CT molecular complexity index is 936. The Morgan fingerprint density at radius 1 is 1.21 bits per heavy atom. The van der Waals surface area contributed by atoms with Crippen molar-refractivity contribution in [3.05, 3.63) is 65.9 Å². The molecule has 0 saturated heterocycles. The fraction of sp³-hybridized carbons (Fsp3) is 0.200. The molecule has 0 radical (unpaired) electrons. The molecule has 1 aliphatic heterocycles. The van der Waals surface area contributed by atoms with Crippen molar-refractivity contribution in [2.75, 3.05) is 11.4 Å². The van der Waals surface area contributed by atoms with E-state index in [9.17, 15) is 9.90 Å². The van der Waals surface area contributed by atoms with E-state index in [1.165, 1.54) is 5.56 Å². The molecule has 1 aromatic heterocycles. The van der Waals surface area contributed by atoms with Gasteiger partial charge in [0, 0.05) is 23.8 Å². The molecule has 2 aromatic carbocycles. The summed E-state index contributed by atoms with van der Waals surface area (Å²) in [5.74, 6) is 0.194. The summed E-state index contributed by atoms with van der Waals surface area (Å²) in [7, 11) is 0. The van der Waals surface area contributed by atoms with Crippen LogP contribution in [-0.4, -0.2) is 22.5 Å². The molecule has 4 heteroatoms. The van der Waals surface area contributed by atoms with Gasteiger partial charge in [0.25, 0.3) is 5.91 Å². The SMILES string of the molecule is CC1Cc2ccccc2N(C(=O)c2cc3ncccc3cc2O)C1. The number of rotatable bonds is 1. The van der Waals surface area contributed by atoms with Gasteiger partial charge in [0.2, 0.25) is 0 Å². The molecule has 1 amide bonds. The van der Waals surface area contributed by atoms with Gasteiger partial charge in [0.15, 0.2) is 0 Å². The zero-order chi connectivity index (χ0) is 16.7. The molecule has 24 heavy (non-hydrogen) atoms. The summed E-state index contributed by atoms with van der Waals surface area (Å²) in [4.78, 5) is 19.2. The normalized spacial score (nSPS) is 16.9. The second-order valence-electron chi connectivity index (χ2n) is 6.42. The molecular weight excluding hydrogens is 300 g/mol. The van der Waals surface area contributed by atoms with Gasteiger partial charge in [-0.15, -0.1) is 0 Å². The van der Waals surface area contributed by atoms with Crippen molar-refractivity contribution in [1.29, 1.82) is 0 Å². The molecule has 0 spiro atoms. The van der Waals surface area contributed by atoms with E-state index in [1.54, 1.807) is 23.2 Å². The monoisotopic (exact) mass is 318 g/mol. The predicted octanol–water partition coefficient (Wildman–Crippen LogP) is 3.78. The maximum absolute atomic E-state index is 13.1. The van der Waals surface area contributed by atoms with Gasteiger partial charge in [-0.05, 0) is 42.2 Å². The maximum atomic E-state index is 13.1. The predicted molar refractivity (Wildman–Crippen MR) is 94.4 cm³/mol. The number of benzene rings is 2. The molecule has 3 aromatic rings. The number of para-hydroxylation sites is 1. The minimum absolute atomic E-state index is 0.00351. The van der Waals surface area contributed by atoms with Crippen LogP contribution in [0.5, 0.6) is 5.75 Å². The number of phenolic OH excluding ortho intramolecular Hbond substituents is 1.